The molecule has 2 rings (SSSR count). The molecule has 0 unspecified atom stereocenters. The summed E-state index contributed by atoms with van der Waals surface area (Å²) in [5.74, 6) is 0.836. The van der Waals surface area contributed by atoms with Gasteiger partial charge in [-0.2, -0.15) is 5.10 Å². The molecule has 0 bridgehead atoms. The first-order chi connectivity index (χ1) is 8.99. The Hall–Kier alpha value is -0.350. The molecule has 1 saturated carbocycles. The highest BCUT2D eigenvalue weighted by Crippen LogP contribution is 2.34. The van der Waals surface area contributed by atoms with Crippen molar-refractivity contribution in [3.63, 3.8) is 0 Å². The van der Waals surface area contributed by atoms with Gasteiger partial charge in [-0.1, -0.05) is 13.8 Å². The van der Waals surface area contributed by atoms with E-state index in [4.69, 9.17) is 5.73 Å². The van der Waals surface area contributed by atoms with Gasteiger partial charge in [0.15, 0.2) is 0 Å². The molecule has 2 N–H and O–H groups in total. The predicted molar refractivity (Wildman–Crippen MR) is 83.2 cm³/mol. The number of rotatable bonds is 4. The third-order valence-electron chi connectivity index (χ3n) is 4.48. The quantitative estimate of drug-likeness (QED) is 0.916. The van der Waals surface area contributed by atoms with Gasteiger partial charge in [-0.3, -0.25) is 4.68 Å². The molecule has 19 heavy (non-hydrogen) atoms. The zero-order chi connectivity index (χ0) is 14.0. The summed E-state index contributed by atoms with van der Waals surface area (Å²) in [5.41, 5.74) is 9.05. The van der Waals surface area contributed by atoms with Crippen molar-refractivity contribution in [3.8, 4) is 0 Å². The van der Waals surface area contributed by atoms with Gasteiger partial charge in [0.1, 0.15) is 0 Å². The van der Waals surface area contributed by atoms with Gasteiger partial charge in [-0.05, 0) is 60.9 Å². The zero-order valence-corrected chi connectivity index (χ0v) is 14.0. The van der Waals surface area contributed by atoms with Crippen LogP contribution in [0.4, 0.5) is 0 Å². The molecule has 0 radical (unpaired) electrons. The lowest BCUT2D eigenvalue weighted by Gasteiger charge is -2.36. The van der Waals surface area contributed by atoms with Crippen LogP contribution in [-0.4, -0.2) is 15.3 Å². The summed E-state index contributed by atoms with van der Waals surface area (Å²) in [4.78, 5) is 0. The number of hydrogen-bond donors (Lipinski definition) is 1. The highest BCUT2D eigenvalue weighted by molar-refractivity contribution is 9.10. The number of nitrogens with zero attached hydrogens (tertiary/aromatic N) is 2. The maximum Gasteiger partial charge on any atom is 0.0766 e. The number of nitrogens with two attached hydrogens (primary N) is 1. The van der Waals surface area contributed by atoms with E-state index in [2.05, 4.69) is 46.5 Å². The van der Waals surface area contributed by atoms with Crippen molar-refractivity contribution < 1.29 is 0 Å². The van der Waals surface area contributed by atoms with E-state index < -0.39 is 0 Å². The highest BCUT2D eigenvalue weighted by atomic mass is 79.9. The highest BCUT2D eigenvalue weighted by Gasteiger charge is 2.32. The summed E-state index contributed by atoms with van der Waals surface area (Å²) in [5, 5.41) is 4.67. The third-order valence-corrected chi connectivity index (χ3v) is 5.40. The van der Waals surface area contributed by atoms with E-state index in [-0.39, 0.29) is 5.54 Å². The molecule has 1 aliphatic rings. The maximum absolute atomic E-state index is 6.63. The van der Waals surface area contributed by atoms with E-state index in [1.807, 2.05) is 0 Å². The van der Waals surface area contributed by atoms with Crippen LogP contribution in [0.1, 0.15) is 57.8 Å². The number of halogens is 1. The van der Waals surface area contributed by atoms with Gasteiger partial charge in [-0.25, -0.2) is 0 Å². The molecular formula is C15H26BrN3. The largest absolute Gasteiger partial charge is 0.325 e. The molecular weight excluding hydrogens is 302 g/mol. The molecule has 0 aliphatic heterocycles. The Morgan fingerprint density at radius 3 is 2.53 bits per heavy atom. The lowest BCUT2D eigenvalue weighted by Crippen LogP contribution is -2.45. The molecule has 1 fully saturated rings. The summed E-state index contributed by atoms with van der Waals surface area (Å²) < 4.78 is 3.30. The van der Waals surface area contributed by atoms with Gasteiger partial charge in [0.05, 0.1) is 15.9 Å². The lowest BCUT2D eigenvalue weighted by atomic mass is 9.75. The average molecular weight is 328 g/mol. The van der Waals surface area contributed by atoms with Crippen molar-refractivity contribution in [2.24, 2.45) is 11.7 Å². The fourth-order valence-electron chi connectivity index (χ4n) is 3.03. The van der Waals surface area contributed by atoms with Crippen molar-refractivity contribution in [2.45, 2.75) is 71.4 Å². The molecule has 1 aromatic rings. The number of aromatic nitrogens is 2. The molecule has 1 aliphatic carbocycles. The molecule has 0 amide bonds. The van der Waals surface area contributed by atoms with Crippen LogP contribution in [-0.2, 0) is 19.4 Å². The SMILES string of the molecule is CCc1nn(CC)c(CC2(N)CCC(C)CC2)c1Br. The first-order valence-electron chi connectivity index (χ1n) is 7.52. The molecule has 0 saturated heterocycles. The Labute approximate surface area is 125 Å². The van der Waals surface area contributed by atoms with Gasteiger partial charge >= 0.3 is 0 Å². The Morgan fingerprint density at radius 1 is 1.37 bits per heavy atom. The number of hydrogen-bond acceptors (Lipinski definition) is 2. The minimum absolute atomic E-state index is 0.0347. The van der Waals surface area contributed by atoms with Gasteiger partial charge in [0.2, 0.25) is 0 Å². The molecule has 1 heterocycles. The summed E-state index contributed by atoms with van der Waals surface area (Å²) in [7, 11) is 0. The Bertz CT molecular complexity index is 431. The van der Waals surface area contributed by atoms with E-state index in [1.54, 1.807) is 0 Å². The lowest BCUT2D eigenvalue weighted by molar-refractivity contribution is 0.239. The van der Waals surface area contributed by atoms with Crippen LogP contribution >= 0.6 is 15.9 Å². The predicted octanol–water partition coefficient (Wildman–Crippen LogP) is 3.68. The van der Waals surface area contributed by atoms with E-state index in [0.717, 1.165) is 43.8 Å². The minimum atomic E-state index is -0.0347. The van der Waals surface area contributed by atoms with Crippen molar-refractivity contribution in [1.82, 2.24) is 9.78 Å². The van der Waals surface area contributed by atoms with Crippen LogP contribution in [0.3, 0.4) is 0 Å². The van der Waals surface area contributed by atoms with Crippen LogP contribution < -0.4 is 5.73 Å². The van der Waals surface area contributed by atoms with E-state index in [1.165, 1.54) is 23.0 Å². The topological polar surface area (TPSA) is 43.8 Å². The average Bonchev–Trinajstić information content (AvgIpc) is 2.70. The third kappa shape index (κ3) is 3.22. The van der Waals surface area contributed by atoms with Gasteiger partial charge in [0.25, 0.3) is 0 Å². The van der Waals surface area contributed by atoms with E-state index >= 15 is 0 Å². The smallest absolute Gasteiger partial charge is 0.0766 e. The minimum Gasteiger partial charge on any atom is -0.325 e. The summed E-state index contributed by atoms with van der Waals surface area (Å²) in [6.07, 6.45) is 6.70. The van der Waals surface area contributed by atoms with Crippen LogP contribution in [0.25, 0.3) is 0 Å². The molecule has 3 nitrogen and oxygen atoms in total. The second-order valence-corrected chi connectivity index (χ2v) is 6.89. The molecule has 0 aromatic carbocycles. The fraction of sp³-hybridized carbons (Fsp3) is 0.800. The van der Waals surface area contributed by atoms with E-state index in [0.29, 0.717) is 0 Å². The van der Waals surface area contributed by atoms with Gasteiger partial charge < -0.3 is 5.73 Å². The molecule has 108 valence electrons. The van der Waals surface area contributed by atoms with Crippen LogP contribution in [0, 0.1) is 5.92 Å². The summed E-state index contributed by atoms with van der Waals surface area (Å²) >= 11 is 3.73. The van der Waals surface area contributed by atoms with E-state index in [9.17, 15) is 0 Å². The second kappa shape index (κ2) is 5.96. The Balaban J connectivity index is 2.20. The van der Waals surface area contributed by atoms with Crippen LogP contribution in [0.15, 0.2) is 4.47 Å². The number of aryl methyl sites for hydroxylation is 2. The first-order valence-corrected chi connectivity index (χ1v) is 8.31. The van der Waals surface area contributed by atoms with Crippen molar-refractivity contribution in [3.05, 3.63) is 15.9 Å². The standard InChI is InChI=1S/C15H26BrN3/c1-4-12-14(16)13(19(5-2)18-12)10-15(17)8-6-11(3)7-9-15/h11H,4-10,17H2,1-3H3. The fourth-order valence-corrected chi connectivity index (χ4v) is 3.74. The molecule has 4 heteroatoms. The van der Waals surface area contributed by atoms with Gasteiger partial charge in [-0.15, -0.1) is 0 Å². The molecule has 0 atom stereocenters. The second-order valence-electron chi connectivity index (χ2n) is 6.10. The monoisotopic (exact) mass is 327 g/mol. The van der Waals surface area contributed by atoms with Crippen molar-refractivity contribution in [1.29, 1.82) is 0 Å². The first kappa shape index (κ1) is 15.0. The van der Waals surface area contributed by atoms with Crippen LogP contribution in [0.5, 0.6) is 0 Å². The Kier molecular flexibility index (Phi) is 4.72. The summed E-state index contributed by atoms with van der Waals surface area (Å²) in [6, 6.07) is 0. The molecule has 1 aromatic heterocycles. The van der Waals surface area contributed by atoms with Crippen molar-refractivity contribution >= 4 is 15.9 Å². The maximum atomic E-state index is 6.63. The zero-order valence-electron chi connectivity index (χ0n) is 12.4. The normalized spacial score (nSPS) is 27.7. The molecule has 0 spiro atoms. The van der Waals surface area contributed by atoms with Crippen LogP contribution in [0.2, 0.25) is 0 Å². The Morgan fingerprint density at radius 2 is 2.00 bits per heavy atom. The van der Waals surface area contributed by atoms with Gasteiger partial charge in [0, 0.05) is 18.5 Å². The summed E-state index contributed by atoms with van der Waals surface area (Å²) in [6.45, 7) is 7.55. The van der Waals surface area contributed by atoms with Crippen molar-refractivity contribution in [2.75, 3.05) is 0 Å².